The van der Waals surface area contributed by atoms with Crippen molar-refractivity contribution in [2.75, 3.05) is 19.7 Å². The predicted molar refractivity (Wildman–Crippen MR) is 105 cm³/mol. The van der Waals surface area contributed by atoms with Crippen LogP contribution in [0.25, 0.3) is 0 Å². The number of carbonyl (C=O) groups is 1. The molecule has 1 fully saturated rings. The minimum absolute atomic E-state index is 0.0233. The summed E-state index contributed by atoms with van der Waals surface area (Å²) in [6.07, 6.45) is 0.679. The molecule has 1 saturated heterocycles. The summed E-state index contributed by atoms with van der Waals surface area (Å²) in [7, 11) is -3.51. The highest BCUT2D eigenvalue weighted by Crippen LogP contribution is 2.25. The first-order chi connectivity index (χ1) is 13.4. The van der Waals surface area contributed by atoms with E-state index in [1.54, 1.807) is 48.5 Å². The zero-order valence-electron chi connectivity index (χ0n) is 15.0. The van der Waals surface area contributed by atoms with E-state index in [9.17, 15) is 13.2 Å². The SMILES string of the molecule is O=C(O)COc1ccc(Cl)cc1CNC1CCN(S(=O)(=O)c2ccccc2)C1. The van der Waals surface area contributed by atoms with Crippen molar-refractivity contribution in [2.24, 2.45) is 0 Å². The molecule has 1 aliphatic heterocycles. The molecule has 3 rings (SSSR count). The van der Waals surface area contributed by atoms with Crippen LogP contribution in [0.3, 0.4) is 0 Å². The van der Waals surface area contributed by atoms with E-state index >= 15 is 0 Å². The molecule has 0 aliphatic carbocycles. The van der Waals surface area contributed by atoms with Crippen molar-refractivity contribution in [3.05, 3.63) is 59.1 Å². The van der Waals surface area contributed by atoms with E-state index in [-0.39, 0.29) is 10.9 Å². The van der Waals surface area contributed by atoms with Crippen molar-refractivity contribution in [2.45, 2.75) is 23.9 Å². The molecule has 0 aromatic heterocycles. The number of halogens is 1. The van der Waals surface area contributed by atoms with Crippen molar-refractivity contribution in [3.63, 3.8) is 0 Å². The average Bonchev–Trinajstić information content (AvgIpc) is 3.16. The Balaban J connectivity index is 1.62. The molecule has 0 saturated carbocycles. The summed E-state index contributed by atoms with van der Waals surface area (Å²) in [5.41, 5.74) is 0.720. The number of carboxylic acid groups (broad SMARTS) is 1. The van der Waals surface area contributed by atoms with Gasteiger partial charge in [0.25, 0.3) is 0 Å². The molecule has 0 spiro atoms. The summed E-state index contributed by atoms with van der Waals surface area (Å²) >= 11 is 6.04. The number of benzene rings is 2. The van der Waals surface area contributed by atoms with Gasteiger partial charge in [0, 0.05) is 36.3 Å². The third kappa shape index (κ3) is 5.02. The topological polar surface area (TPSA) is 95.9 Å². The number of sulfonamides is 1. The zero-order valence-corrected chi connectivity index (χ0v) is 16.6. The summed E-state index contributed by atoms with van der Waals surface area (Å²) < 4.78 is 32.2. The van der Waals surface area contributed by atoms with Gasteiger partial charge in [0.1, 0.15) is 5.75 Å². The van der Waals surface area contributed by atoms with E-state index in [0.29, 0.717) is 36.8 Å². The maximum absolute atomic E-state index is 12.7. The molecule has 2 aromatic rings. The first-order valence-electron chi connectivity index (χ1n) is 8.78. The fraction of sp³-hybridized carbons (Fsp3) is 0.316. The van der Waals surface area contributed by atoms with Crippen LogP contribution >= 0.6 is 11.6 Å². The Morgan fingerprint density at radius 2 is 2.00 bits per heavy atom. The Labute approximate surface area is 168 Å². The third-order valence-corrected chi connectivity index (χ3v) is 6.60. The Kier molecular flexibility index (Phi) is 6.56. The number of nitrogens with zero attached hydrogens (tertiary/aromatic N) is 1. The van der Waals surface area contributed by atoms with E-state index < -0.39 is 22.6 Å². The van der Waals surface area contributed by atoms with Gasteiger partial charge >= 0.3 is 5.97 Å². The lowest BCUT2D eigenvalue weighted by Gasteiger charge is -2.18. The molecule has 0 radical (unpaired) electrons. The van der Waals surface area contributed by atoms with Crippen LogP contribution in [0.4, 0.5) is 0 Å². The molecule has 1 unspecified atom stereocenters. The number of rotatable bonds is 8. The Morgan fingerprint density at radius 3 is 2.71 bits per heavy atom. The molecule has 1 aliphatic rings. The Bertz CT molecular complexity index is 937. The number of ether oxygens (including phenoxy) is 1. The summed E-state index contributed by atoms with van der Waals surface area (Å²) in [5, 5.41) is 12.6. The summed E-state index contributed by atoms with van der Waals surface area (Å²) in [5.74, 6) is -0.627. The van der Waals surface area contributed by atoms with Gasteiger partial charge in [-0.15, -0.1) is 0 Å². The quantitative estimate of drug-likeness (QED) is 0.675. The van der Waals surface area contributed by atoms with Crippen LogP contribution in [0, 0.1) is 0 Å². The summed E-state index contributed by atoms with van der Waals surface area (Å²) in [6.45, 7) is 0.747. The Hall–Kier alpha value is -2.13. The van der Waals surface area contributed by atoms with E-state index in [1.165, 1.54) is 4.31 Å². The van der Waals surface area contributed by atoms with Gasteiger partial charge in [0.05, 0.1) is 4.90 Å². The molecule has 150 valence electrons. The lowest BCUT2D eigenvalue weighted by atomic mass is 10.1. The lowest BCUT2D eigenvalue weighted by Crippen LogP contribution is -2.35. The molecule has 1 atom stereocenters. The normalized spacial score (nSPS) is 17.5. The minimum atomic E-state index is -3.51. The van der Waals surface area contributed by atoms with Crippen LogP contribution < -0.4 is 10.1 Å². The highest BCUT2D eigenvalue weighted by Gasteiger charge is 2.32. The average molecular weight is 425 g/mol. The van der Waals surface area contributed by atoms with Crippen LogP contribution in [0.5, 0.6) is 5.75 Å². The summed E-state index contributed by atoms with van der Waals surface area (Å²) in [4.78, 5) is 11.0. The van der Waals surface area contributed by atoms with Crippen molar-refractivity contribution in [1.82, 2.24) is 9.62 Å². The van der Waals surface area contributed by atoms with Crippen molar-refractivity contribution >= 4 is 27.6 Å². The number of nitrogens with one attached hydrogen (secondary N) is 1. The Morgan fingerprint density at radius 1 is 1.25 bits per heavy atom. The van der Waals surface area contributed by atoms with Crippen LogP contribution in [-0.2, 0) is 21.4 Å². The maximum Gasteiger partial charge on any atom is 0.341 e. The van der Waals surface area contributed by atoms with Gasteiger partial charge in [-0.2, -0.15) is 4.31 Å². The third-order valence-electron chi connectivity index (χ3n) is 4.49. The fourth-order valence-corrected chi connectivity index (χ4v) is 4.79. The zero-order chi connectivity index (χ0) is 20.1. The molecule has 0 amide bonds. The monoisotopic (exact) mass is 424 g/mol. The van der Waals surface area contributed by atoms with E-state index in [1.807, 2.05) is 0 Å². The van der Waals surface area contributed by atoms with Gasteiger partial charge in [-0.05, 0) is 36.8 Å². The van der Waals surface area contributed by atoms with Gasteiger partial charge in [0.2, 0.25) is 10.0 Å². The molecule has 2 aromatic carbocycles. The number of aliphatic carboxylic acids is 1. The molecule has 2 N–H and O–H groups in total. The van der Waals surface area contributed by atoms with E-state index in [2.05, 4.69) is 5.32 Å². The van der Waals surface area contributed by atoms with E-state index in [4.69, 9.17) is 21.4 Å². The second-order valence-corrected chi connectivity index (χ2v) is 8.85. The van der Waals surface area contributed by atoms with Crippen LogP contribution in [0.15, 0.2) is 53.4 Å². The molecule has 9 heteroatoms. The maximum atomic E-state index is 12.7. The predicted octanol–water partition coefficient (Wildman–Crippen LogP) is 2.36. The molecular formula is C19H21ClN2O5S. The van der Waals surface area contributed by atoms with Gasteiger partial charge in [-0.25, -0.2) is 13.2 Å². The van der Waals surface area contributed by atoms with Crippen LogP contribution in [0.1, 0.15) is 12.0 Å². The van der Waals surface area contributed by atoms with Crippen molar-refractivity contribution in [1.29, 1.82) is 0 Å². The van der Waals surface area contributed by atoms with Gasteiger partial charge in [-0.3, -0.25) is 0 Å². The lowest BCUT2D eigenvalue weighted by molar-refractivity contribution is -0.139. The largest absolute Gasteiger partial charge is 0.482 e. The van der Waals surface area contributed by atoms with Gasteiger partial charge < -0.3 is 15.2 Å². The highest BCUT2D eigenvalue weighted by molar-refractivity contribution is 7.89. The minimum Gasteiger partial charge on any atom is -0.482 e. The second kappa shape index (κ2) is 8.91. The number of hydrogen-bond acceptors (Lipinski definition) is 5. The first-order valence-corrected chi connectivity index (χ1v) is 10.6. The fourth-order valence-electron chi connectivity index (χ4n) is 3.08. The number of hydrogen-bond donors (Lipinski definition) is 2. The molecule has 28 heavy (non-hydrogen) atoms. The first kappa shape index (κ1) is 20.6. The second-order valence-electron chi connectivity index (χ2n) is 6.48. The number of carboxylic acids is 1. The molecule has 1 heterocycles. The highest BCUT2D eigenvalue weighted by atomic mass is 35.5. The standard InChI is InChI=1S/C19H21ClN2O5S/c20-15-6-7-18(27-13-19(23)24)14(10-15)11-21-16-8-9-22(12-16)28(25,26)17-4-2-1-3-5-17/h1-7,10,16,21H,8-9,11-13H2,(H,23,24). The van der Waals surface area contributed by atoms with E-state index in [0.717, 1.165) is 5.56 Å². The van der Waals surface area contributed by atoms with Crippen molar-refractivity contribution in [3.8, 4) is 5.75 Å². The van der Waals surface area contributed by atoms with Gasteiger partial charge in [0.15, 0.2) is 6.61 Å². The van der Waals surface area contributed by atoms with Crippen LogP contribution in [-0.4, -0.2) is 49.5 Å². The smallest absolute Gasteiger partial charge is 0.341 e. The molecular weight excluding hydrogens is 404 g/mol. The van der Waals surface area contributed by atoms with Crippen LogP contribution in [0.2, 0.25) is 5.02 Å². The molecule has 7 nitrogen and oxygen atoms in total. The van der Waals surface area contributed by atoms with Crippen molar-refractivity contribution < 1.29 is 23.1 Å². The molecule has 0 bridgehead atoms. The summed E-state index contributed by atoms with van der Waals surface area (Å²) in [6, 6.07) is 13.3. The van der Waals surface area contributed by atoms with Gasteiger partial charge in [-0.1, -0.05) is 29.8 Å².